The molecule has 1 aliphatic rings. The van der Waals surface area contributed by atoms with Crippen LogP contribution in [0.4, 0.5) is 0 Å². The lowest BCUT2D eigenvalue weighted by Crippen LogP contribution is -2.35. The van der Waals surface area contributed by atoms with Crippen LogP contribution in [0.2, 0.25) is 0 Å². The Labute approximate surface area is 166 Å². The molecule has 3 aromatic heterocycles. The standard InChI is InChI=1S/C20H21N3O4S/c1-10-7-13(12(3)28-10)15-8-14(16-11(2)22-27-17(16)21-15)18(24)23-6-5-20(4,9-23)19(25)26/h7-8H,5-6,9H2,1-4H3,(H,25,26). The molecule has 0 saturated carbocycles. The minimum absolute atomic E-state index is 0.182. The molecule has 1 aliphatic heterocycles. The average Bonchev–Trinajstić information content (AvgIpc) is 3.32. The molecule has 0 aliphatic carbocycles. The Bertz CT molecular complexity index is 1120. The summed E-state index contributed by atoms with van der Waals surface area (Å²) in [5.74, 6) is -1.09. The van der Waals surface area contributed by atoms with Crippen LogP contribution in [0.15, 0.2) is 16.7 Å². The topological polar surface area (TPSA) is 96.5 Å². The third kappa shape index (κ3) is 2.88. The maximum atomic E-state index is 13.3. The summed E-state index contributed by atoms with van der Waals surface area (Å²) in [6.07, 6.45) is 0.431. The van der Waals surface area contributed by atoms with Crippen molar-refractivity contribution in [2.75, 3.05) is 13.1 Å². The maximum absolute atomic E-state index is 13.3. The molecular weight excluding hydrogens is 378 g/mol. The van der Waals surface area contributed by atoms with E-state index in [1.165, 1.54) is 0 Å². The number of rotatable bonds is 3. The number of aromatic nitrogens is 2. The van der Waals surface area contributed by atoms with E-state index in [2.05, 4.69) is 10.1 Å². The first-order chi connectivity index (χ1) is 13.2. The van der Waals surface area contributed by atoms with Crippen LogP contribution in [0.1, 0.15) is 39.2 Å². The van der Waals surface area contributed by atoms with Gasteiger partial charge in [-0.05, 0) is 46.2 Å². The number of aryl methyl sites for hydroxylation is 3. The molecule has 28 heavy (non-hydrogen) atoms. The van der Waals surface area contributed by atoms with E-state index >= 15 is 0 Å². The van der Waals surface area contributed by atoms with Gasteiger partial charge in [-0.25, -0.2) is 4.98 Å². The van der Waals surface area contributed by atoms with E-state index in [0.717, 1.165) is 15.3 Å². The number of nitrogens with zero attached hydrogens (tertiary/aromatic N) is 3. The Hall–Kier alpha value is -2.74. The summed E-state index contributed by atoms with van der Waals surface area (Å²) in [5.41, 5.74) is 2.07. The van der Waals surface area contributed by atoms with Crippen LogP contribution in [0.5, 0.6) is 0 Å². The summed E-state index contributed by atoms with van der Waals surface area (Å²) in [4.78, 5) is 33.3. The van der Waals surface area contributed by atoms with Crippen LogP contribution in [-0.2, 0) is 4.79 Å². The second-order valence-electron chi connectivity index (χ2n) is 7.67. The molecule has 0 aromatic carbocycles. The molecule has 1 saturated heterocycles. The van der Waals surface area contributed by atoms with E-state index in [-0.39, 0.29) is 12.5 Å². The molecule has 0 radical (unpaired) electrons. The van der Waals surface area contributed by atoms with Gasteiger partial charge in [-0.2, -0.15) is 0 Å². The monoisotopic (exact) mass is 399 g/mol. The number of carbonyl (C=O) groups excluding carboxylic acids is 1. The van der Waals surface area contributed by atoms with Crippen molar-refractivity contribution in [2.24, 2.45) is 5.41 Å². The average molecular weight is 399 g/mol. The number of carbonyl (C=O) groups is 2. The van der Waals surface area contributed by atoms with Gasteiger partial charge in [-0.1, -0.05) is 5.16 Å². The Balaban J connectivity index is 1.82. The molecule has 4 rings (SSSR count). The summed E-state index contributed by atoms with van der Waals surface area (Å²) < 4.78 is 5.37. The predicted molar refractivity (Wildman–Crippen MR) is 106 cm³/mol. The zero-order valence-corrected chi connectivity index (χ0v) is 17.0. The lowest BCUT2D eigenvalue weighted by Gasteiger charge is -2.20. The molecule has 4 heterocycles. The van der Waals surface area contributed by atoms with Gasteiger partial charge in [0.05, 0.1) is 27.8 Å². The van der Waals surface area contributed by atoms with Gasteiger partial charge >= 0.3 is 5.97 Å². The highest BCUT2D eigenvalue weighted by Crippen LogP contribution is 2.35. The van der Waals surface area contributed by atoms with E-state index < -0.39 is 11.4 Å². The molecule has 1 unspecified atom stereocenters. The molecule has 146 valence electrons. The fourth-order valence-electron chi connectivity index (χ4n) is 3.77. The molecule has 3 aromatic rings. The van der Waals surface area contributed by atoms with Crippen molar-refractivity contribution in [3.8, 4) is 11.3 Å². The van der Waals surface area contributed by atoms with Crippen molar-refractivity contribution in [1.82, 2.24) is 15.0 Å². The number of hydrogen-bond acceptors (Lipinski definition) is 6. The Morgan fingerprint density at radius 2 is 2.04 bits per heavy atom. The molecule has 8 heteroatoms. The van der Waals surface area contributed by atoms with Gasteiger partial charge in [0.15, 0.2) is 0 Å². The maximum Gasteiger partial charge on any atom is 0.311 e. The molecular formula is C20H21N3O4S. The van der Waals surface area contributed by atoms with Crippen LogP contribution >= 0.6 is 11.3 Å². The second-order valence-corrected chi connectivity index (χ2v) is 9.13. The van der Waals surface area contributed by atoms with Gasteiger partial charge in [0.2, 0.25) is 0 Å². The molecule has 1 N–H and O–H groups in total. The summed E-state index contributed by atoms with van der Waals surface area (Å²) in [7, 11) is 0. The molecule has 1 fully saturated rings. The van der Waals surface area contributed by atoms with E-state index in [0.29, 0.717) is 41.0 Å². The Morgan fingerprint density at radius 1 is 1.29 bits per heavy atom. The minimum atomic E-state index is -0.921. The van der Waals surface area contributed by atoms with Crippen LogP contribution in [0.25, 0.3) is 22.4 Å². The zero-order valence-electron chi connectivity index (χ0n) is 16.2. The number of likely N-dealkylation sites (tertiary alicyclic amines) is 1. The van der Waals surface area contributed by atoms with E-state index in [4.69, 9.17) is 4.52 Å². The van der Waals surface area contributed by atoms with Gasteiger partial charge in [0.1, 0.15) is 0 Å². The van der Waals surface area contributed by atoms with E-state index in [1.807, 2.05) is 19.9 Å². The van der Waals surface area contributed by atoms with Gasteiger partial charge in [0, 0.05) is 28.4 Å². The lowest BCUT2D eigenvalue weighted by atomic mass is 9.90. The highest BCUT2D eigenvalue weighted by Gasteiger charge is 2.42. The predicted octanol–water partition coefficient (Wildman–Crippen LogP) is 3.81. The number of carboxylic acid groups (broad SMARTS) is 1. The van der Waals surface area contributed by atoms with Crippen LogP contribution < -0.4 is 0 Å². The minimum Gasteiger partial charge on any atom is -0.481 e. The summed E-state index contributed by atoms with van der Waals surface area (Å²) in [6, 6.07) is 3.82. The number of amides is 1. The van der Waals surface area contributed by atoms with Gasteiger partial charge in [-0.15, -0.1) is 11.3 Å². The first-order valence-corrected chi connectivity index (χ1v) is 9.88. The first-order valence-electron chi connectivity index (χ1n) is 9.07. The number of aliphatic carboxylic acids is 1. The number of carboxylic acids is 1. The fourth-order valence-corrected chi connectivity index (χ4v) is 4.70. The van der Waals surface area contributed by atoms with Crippen molar-refractivity contribution < 1.29 is 19.2 Å². The van der Waals surface area contributed by atoms with Crippen molar-refractivity contribution in [2.45, 2.75) is 34.1 Å². The van der Waals surface area contributed by atoms with Crippen LogP contribution in [0, 0.1) is 26.2 Å². The van der Waals surface area contributed by atoms with Gasteiger partial charge in [0.25, 0.3) is 11.6 Å². The van der Waals surface area contributed by atoms with Crippen LogP contribution in [-0.4, -0.2) is 45.1 Å². The summed E-state index contributed by atoms with van der Waals surface area (Å²) in [6.45, 7) is 8.09. The normalized spacial score (nSPS) is 19.5. The van der Waals surface area contributed by atoms with E-state index in [9.17, 15) is 14.7 Å². The smallest absolute Gasteiger partial charge is 0.311 e. The molecule has 7 nitrogen and oxygen atoms in total. The number of pyridine rings is 1. The summed E-state index contributed by atoms with van der Waals surface area (Å²) >= 11 is 1.67. The highest BCUT2D eigenvalue weighted by atomic mass is 32.1. The van der Waals surface area contributed by atoms with Gasteiger partial charge < -0.3 is 14.5 Å². The zero-order chi connectivity index (χ0) is 20.2. The van der Waals surface area contributed by atoms with Crippen molar-refractivity contribution in [3.05, 3.63) is 33.1 Å². The van der Waals surface area contributed by atoms with E-state index in [1.54, 1.807) is 36.2 Å². The molecule has 1 atom stereocenters. The molecule has 1 amide bonds. The third-order valence-electron chi connectivity index (χ3n) is 5.44. The molecule has 0 bridgehead atoms. The first kappa shape index (κ1) is 18.6. The quantitative estimate of drug-likeness (QED) is 0.719. The third-order valence-corrected chi connectivity index (χ3v) is 6.41. The summed E-state index contributed by atoms with van der Waals surface area (Å²) in [5, 5.41) is 14.0. The van der Waals surface area contributed by atoms with Crippen LogP contribution in [0.3, 0.4) is 0 Å². The van der Waals surface area contributed by atoms with Crippen molar-refractivity contribution in [3.63, 3.8) is 0 Å². The highest BCUT2D eigenvalue weighted by molar-refractivity contribution is 7.12. The lowest BCUT2D eigenvalue weighted by molar-refractivity contribution is -0.147. The van der Waals surface area contributed by atoms with Gasteiger partial charge in [-0.3, -0.25) is 9.59 Å². The number of thiophene rings is 1. The Kier molecular flexibility index (Phi) is 4.26. The van der Waals surface area contributed by atoms with Crippen molar-refractivity contribution in [1.29, 1.82) is 0 Å². The Morgan fingerprint density at radius 3 is 2.64 bits per heavy atom. The second kappa shape index (κ2) is 6.41. The number of fused-ring (bicyclic) bond motifs is 1. The van der Waals surface area contributed by atoms with Crippen molar-refractivity contribution >= 4 is 34.3 Å². The fraction of sp³-hybridized carbons (Fsp3) is 0.400. The largest absolute Gasteiger partial charge is 0.481 e. The number of hydrogen-bond donors (Lipinski definition) is 1. The SMILES string of the molecule is Cc1cc(-c2cc(C(=O)N3CCC(C)(C(=O)O)C3)c3c(C)noc3n2)c(C)s1. The molecule has 0 spiro atoms.